The first-order chi connectivity index (χ1) is 5.12. The molecule has 0 spiro atoms. The van der Waals surface area contributed by atoms with Gasteiger partial charge >= 0.3 is 0 Å². The maximum atomic E-state index is 5.18. The van der Waals surface area contributed by atoms with E-state index in [-0.39, 0.29) is 0 Å². The first-order valence-electron chi connectivity index (χ1n) is 2.86. The second kappa shape index (κ2) is 7.30. The van der Waals surface area contributed by atoms with Crippen molar-refractivity contribution in [2.24, 2.45) is 0 Å². The fourth-order valence-electron chi connectivity index (χ4n) is 0.337. The standard InChI is InChI=1S/C4H9Br2O2PS2/c5-1-3-7-9(10,11)8-4-2-6/h1-4H2,(H,10,11). The largest absolute Gasteiger partial charge is 0.321 e. The van der Waals surface area contributed by atoms with Crippen LogP contribution in [0.4, 0.5) is 0 Å². The van der Waals surface area contributed by atoms with Crippen molar-refractivity contribution in [3.8, 4) is 0 Å². The van der Waals surface area contributed by atoms with Crippen molar-refractivity contribution in [3.63, 3.8) is 0 Å². The first-order valence-corrected chi connectivity index (χ1v) is 8.89. The van der Waals surface area contributed by atoms with Gasteiger partial charge in [0.25, 0.3) is 0 Å². The summed E-state index contributed by atoms with van der Waals surface area (Å²) in [7, 11) is 0. The highest BCUT2D eigenvalue weighted by atomic mass is 79.9. The summed E-state index contributed by atoms with van der Waals surface area (Å²) in [4.78, 5) is 0. The third kappa shape index (κ3) is 8.22. The van der Waals surface area contributed by atoms with Crippen LogP contribution in [-0.4, -0.2) is 23.9 Å². The van der Waals surface area contributed by atoms with E-state index in [1.165, 1.54) is 0 Å². The fourth-order valence-corrected chi connectivity index (χ4v) is 2.82. The minimum Gasteiger partial charge on any atom is -0.321 e. The van der Waals surface area contributed by atoms with E-state index in [0.717, 1.165) is 10.7 Å². The molecule has 0 amide bonds. The molecule has 0 unspecified atom stereocenters. The predicted octanol–water partition coefficient (Wildman–Crippen LogP) is 2.96. The van der Waals surface area contributed by atoms with Crippen LogP contribution in [0, 0.1) is 0 Å². The molecular formula is C4H9Br2O2PS2. The van der Waals surface area contributed by atoms with Gasteiger partial charge in [-0.15, -0.1) is 0 Å². The van der Waals surface area contributed by atoms with Gasteiger partial charge in [0.2, 0.25) is 5.69 Å². The van der Waals surface area contributed by atoms with E-state index in [4.69, 9.17) is 20.9 Å². The minimum atomic E-state index is -2.26. The average molecular weight is 344 g/mol. The Morgan fingerprint density at radius 3 is 1.82 bits per heavy atom. The summed E-state index contributed by atoms with van der Waals surface area (Å²) in [5, 5.41) is 1.51. The van der Waals surface area contributed by atoms with Crippen LogP contribution in [0.15, 0.2) is 0 Å². The van der Waals surface area contributed by atoms with Gasteiger partial charge in [0.05, 0.1) is 13.2 Å². The lowest BCUT2D eigenvalue weighted by atomic mass is 10.9. The molecule has 0 saturated heterocycles. The molecule has 0 N–H and O–H groups in total. The van der Waals surface area contributed by atoms with E-state index >= 15 is 0 Å². The number of hydrogen-bond donors (Lipinski definition) is 1. The molecule has 0 heterocycles. The average Bonchev–Trinajstić information content (AvgIpc) is 1.97. The van der Waals surface area contributed by atoms with Crippen molar-refractivity contribution in [3.05, 3.63) is 0 Å². The van der Waals surface area contributed by atoms with Crippen LogP contribution in [0.1, 0.15) is 0 Å². The molecule has 0 fully saturated rings. The third-order valence-corrected chi connectivity index (χ3v) is 3.65. The van der Waals surface area contributed by atoms with E-state index in [1.807, 2.05) is 0 Å². The highest BCUT2D eigenvalue weighted by molar-refractivity contribution is 9.09. The van der Waals surface area contributed by atoms with Crippen molar-refractivity contribution in [2.45, 2.75) is 0 Å². The molecule has 0 aromatic heterocycles. The number of thiol groups is 1. The zero-order valence-corrected chi connectivity index (χ0v) is 11.5. The van der Waals surface area contributed by atoms with Crippen LogP contribution < -0.4 is 0 Å². The molecule has 0 rings (SSSR count). The molecule has 0 aliphatic heterocycles. The third-order valence-electron chi connectivity index (χ3n) is 0.663. The van der Waals surface area contributed by atoms with Crippen molar-refractivity contribution >= 4 is 61.6 Å². The van der Waals surface area contributed by atoms with Crippen molar-refractivity contribution in [2.75, 3.05) is 23.9 Å². The summed E-state index contributed by atoms with van der Waals surface area (Å²) in [6.45, 7) is 1.09. The zero-order valence-electron chi connectivity index (χ0n) is 5.70. The Bertz CT molecular complexity index is 134. The molecule has 7 heteroatoms. The Balaban J connectivity index is 3.53. The highest BCUT2D eigenvalue weighted by Crippen LogP contribution is 2.53. The summed E-state index contributed by atoms with van der Waals surface area (Å²) < 4.78 is 10.4. The van der Waals surface area contributed by atoms with Gasteiger partial charge in [0.1, 0.15) is 0 Å². The van der Waals surface area contributed by atoms with Crippen molar-refractivity contribution in [1.82, 2.24) is 0 Å². The topological polar surface area (TPSA) is 18.5 Å². The molecule has 2 nitrogen and oxygen atoms in total. The quantitative estimate of drug-likeness (QED) is 0.454. The second-order valence-electron chi connectivity index (χ2n) is 1.51. The van der Waals surface area contributed by atoms with E-state index in [9.17, 15) is 0 Å². The molecular weight excluding hydrogens is 335 g/mol. The van der Waals surface area contributed by atoms with Gasteiger partial charge in [-0.25, -0.2) is 0 Å². The van der Waals surface area contributed by atoms with E-state index in [2.05, 4.69) is 44.1 Å². The summed E-state index contributed by atoms with van der Waals surface area (Å²) in [5.41, 5.74) is -2.26. The van der Waals surface area contributed by atoms with Crippen LogP contribution in [0.5, 0.6) is 0 Å². The summed E-state index contributed by atoms with van der Waals surface area (Å²) >= 11 is 15.5. The summed E-state index contributed by atoms with van der Waals surface area (Å²) in [6.07, 6.45) is 0. The molecule has 0 radical (unpaired) electrons. The molecule has 0 atom stereocenters. The Morgan fingerprint density at radius 2 is 1.55 bits per heavy atom. The Labute approximate surface area is 94.0 Å². The van der Waals surface area contributed by atoms with E-state index < -0.39 is 5.69 Å². The Morgan fingerprint density at radius 1 is 1.18 bits per heavy atom. The van der Waals surface area contributed by atoms with Crippen molar-refractivity contribution in [1.29, 1.82) is 0 Å². The number of alkyl halides is 2. The number of hydrogen-bond acceptors (Lipinski definition) is 3. The van der Waals surface area contributed by atoms with Crippen molar-refractivity contribution < 1.29 is 9.05 Å². The number of halogens is 2. The molecule has 0 aliphatic rings. The number of rotatable bonds is 6. The lowest BCUT2D eigenvalue weighted by Gasteiger charge is -2.14. The predicted molar refractivity (Wildman–Crippen MR) is 62.8 cm³/mol. The Hall–Kier alpha value is 1.88. The van der Waals surface area contributed by atoms with Gasteiger partial charge in [-0.3, -0.25) is 0 Å². The van der Waals surface area contributed by atoms with Gasteiger partial charge in [0.15, 0.2) is 0 Å². The van der Waals surface area contributed by atoms with Gasteiger partial charge in [0, 0.05) is 10.7 Å². The van der Waals surface area contributed by atoms with Crippen LogP contribution in [0.2, 0.25) is 0 Å². The molecule has 0 bridgehead atoms. The lowest BCUT2D eigenvalue weighted by molar-refractivity contribution is 0.285. The Kier molecular flexibility index (Phi) is 8.55. The van der Waals surface area contributed by atoms with Crippen LogP contribution in [0.25, 0.3) is 0 Å². The maximum Gasteiger partial charge on any atom is 0.244 e. The van der Waals surface area contributed by atoms with Crippen LogP contribution in [-0.2, 0) is 20.9 Å². The van der Waals surface area contributed by atoms with Gasteiger partial charge in [-0.1, -0.05) is 44.1 Å². The SMILES string of the molecule is S=P(S)(OCCBr)OCCBr. The summed E-state index contributed by atoms with van der Waals surface area (Å²) in [6, 6.07) is 0. The molecule has 0 saturated carbocycles. The molecule has 0 aromatic rings. The molecule has 0 aromatic carbocycles. The molecule has 68 valence electrons. The van der Waals surface area contributed by atoms with Gasteiger partial charge in [-0.2, -0.15) is 0 Å². The van der Waals surface area contributed by atoms with E-state index in [1.54, 1.807) is 0 Å². The second-order valence-corrected chi connectivity index (χ2v) is 8.39. The minimum absolute atomic E-state index is 0.545. The maximum absolute atomic E-state index is 5.18. The highest BCUT2D eigenvalue weighted by Gasteiger charge is 2.11. The molecule has 0 aliphatic carbocycles. The van der Waals surface area contributed by atoms with Gasteiger partial charge < -0.3 is 9.05 Å². The smallest absolute Gasteiger partial charge is 0.244 e. The molecule has 11 heavy (non-hydrogen) atoms. The van der Waals surface area contributed by atoms with Gasteiger partial charge in [-0.05, 0) is 11.8 Å². The van der Waals surface area contributed by atoms with Crippen LogP contribution >= 0.6 is 49.8 Å². The lowest BCUT2D eigenvalue weighted by Crippen LogP contribution is -1.95. The van der Waals surface area contributed by atoms with E-state index in [0.29, 0.717) is 13.2 Å². The van der Waals surface area contributed by atoms with Crippen LogP contribution in [0.3, 0.4) is 0 Å². The normalized spacial score (nSPS) is 11.9. The summed E-state index contributed by atoms with van der Waals surface area (Å²) in [5.74, 6) is 0. The zero-order chi connectivity index (χ0) is 8.74. The first kappa shape index (κ1) is 12.9. The monoisotopic (exact) mass is 342 g/mol. The fraction of sp³-hybridized carbons (Fsp3) is 1.00.